The first-order valence-corrected chi connectivity index (χ1v) is 6.14. The van der Waals surface area contributed by atoms with Gasteiger partial charge in [-0.05, 0) is 20.8 Å². The molecule has 0 amide bonds. The Bertz CT molecular complexity index is 507. The highest BCUT2D eigenvalue weighted by atomic mass is 32.1. The summed E-state index contributed by atoms with van der Waals surface area (Å²) in [5.41, 5.74) is 6.27. The standard InChI is InChI=1S/C11H15N5S/c1-7-6-14-10(12)15-8(7)16-11(2,3)9-13-4-5-17-9/h4-6H,1-3H3,(H3,12,14,15,16). The summed E-state index contributed by atoms with van der Waals surface area (Å²) in [6.45, 7) is 6.06. The van der Waals surface area contributed by atoms with Crippen LogP contribution < -0.4 is 11.1 Å². The summed E-state index contributed by atoms with van der Waals surface area (Å²) in [6.07, 6.45) is 3.51. The lowest BCUT2D eigenvalue weighted by atomic mass is 10.1. The summed E-state index contributed by atoms with van der Waals surface area (Å²) in [5.74, 6) is 1.02. The zero-order chi connectivity index (χ0) is 12.5. The van der Waals surface area contributed by atoms with Crippen molar-refractivity contribution in [2.45, 2.75) is 26.3 Å². The third-order valence-electron chi connectivity index (χ3n) is 2.39. The number of anilines is 2. The lowest BCUT2D eigenvalue weighted by molar-refractivity contribution is 0.600. The van der Waals surface area contributed by atoms with E-state index in [-0.39, 0.29) is 11.5 Å². The van der Waals surface area contributed by atoms with E-state index in [2.05, 4.69) is 34.1 Å². The van der Waals surface area contributed by atoms with Gasteiger partial charge in [0.15, 0.2) is 0 Å². The molecule has 0 aliphatic heterocycles. The van der Waals surface area contributed by atoms with Crippen molar-refractivity contribution >= 4 is 23.1 Å². The van der Waals surface area contributed by atoms with Gasteiger partial charge in [0.1, 0.15) is 10.8 Å². The molecule has 0 radical (unpaired) electrons. The molecule has 90 valence electrons. The molecule has 0 bridgehead atoms. The monoisotopic (exact) mass is 249 g/mol. The van der Waals surface area contributed by atoms with Crippen LogP contribution in [-0.4, -0.2) is 15.0 Å². The molecule has 2 rings (SSSR count). The van der Waals surface area contributed by atoms with E-state index in [0.717, 1.165) is 16.4 Å². The number of nitrogen functional groups attached to an aromatic ring is 1. The average molecular weight is 249 g/mol. The van der Waals surface area contributed by atoms with Crippen LogP contribution in [0.3, 0.4) is 0 Å². The maximum Gasteiger partial charge on any atom is 0.221 e. The maximum absolute atomic E-state index is 5.59. The predicted molar refractivity (Wildman–Crippen MR) is 69.9 cm³/mol. The molecule has 6 heteroatoms. The Labute approximate surface area is 104 Å². The highest BCUT2D eigenvalue weighted by Crippen LogP contribution is 2.27. The van der Waals surface area contributed by atoms with Crippen molar-refractivity contribution in [3.63, 3.8) is 0 Å². The van der Waals surface area contributed by atoms with Crippen molar-refractivity contribution in [1.29, 1.82) is 0 Å². The van der Waals surface area contributed by atoms with Crippen LogP contribution in [0.4, 0.5) is 11.8 Å². The van der Waals surface area contributed by atoms with E-state index in [4.69, 9.17) is 5.73 Å². The van der Waals surface area contributed by atoms with Crippen LogP contribution in [0.1, 0.15) is 24.4 Å². The van der Waals surface area contributed by atoms with Crippen molar-refractivity contribution in [2.24, 2.45) is 0 Å². The van der Waals surface area contributed by atoms with Crippen LogP contribution in [-0.2, 0) is 5.54 Å². The van der Waals surface area contributed by atoms with Crippen molar-refractivity contribution < 1.29 is 0 Å². The van der Waals surface area contributed by atoms with E-state index in [0.29, 0.717) is 0 Å². The zero-order valence-corrected chi connectivity index (χ0v) is 10.9. The van der Waals surface area contributed by atoms with Crippen LogP contribution in [0, 0.1) is 6.92 Å². The number of aromatic nitrogens is 3. The summed E-state index contributed by atoms with van der Waals surface area (Å²) < 4.78 is 0. The van der Waals surface area contributed by atoms with E-state index in [1.165, 1.54) is 0 Å². The lowest BCUT2D eigenvalue weighted by Crippen LogP contribution is -2.29. The lowest BCUT2D eigenvalue weighted by Gasteiger charge is -2.25. The van der Waals surface area contributed by atoms with E-state index < -0.39 is 0 Å². The Morgan fingerprint density at radius 1 is 1.35 bits per heavy atom. The molecule has 0 saturated heterocycles. The quantitative estimate of drug-likeness (QED) is 0.871. The van der Waals surface area contributed by atoms with Gasteiger partial charge in [-0.2, -0.15) is 4.98 Å². The third-order valence-corrected chi connectivity index (χ3v) is 3.49. The molecule has 2 aromatic heterocycles. The molecule has 0 saturated carbocycles. The van der Waals surface area contributed by atoms with Gasteiger partial charge in [-0.15, -0.1) is 11.3 Å². The molecular weight excluding hydrogens is 234 g/mol. The number of hydrogen-bond acceptors (Lipinski definition) is 6. The van der Waals surface area contributed by atoms with Gasteiger partial charge < -0.3 is 11.1 Å². The molecular formula is C11H15N5S. The SMILES string of the molecule is Cc1cnc(N)nc1NC(C)(C)c1nccs1. The second-order valence-electron chi connectivity index (χ2n) is 4.35. The van der Waals surface area contributed by atoms with Crippen LogP contribution in [0.25, 0.3) is 0 Å². The molecule has 0 fully saturated rings. The Kier molecular flexibility index (Phi) is 2.97. The zero-order valence-electron chi connectivity index (χ0n) is 10.1. The Morgan fingerprint density at radius 2 is 2.12 bits per heavy atom. The molecule has 0 aliphatic rings. The summed E-state index contributed by atoms with van der Waals surface area (Å²) >= 11 is 1.61. The van der Waals surface area contributed by atoms with Crippen LogP contribution in [0.15, 0.2) is 17.8 Å². The minimum Gasteiger partial charge on any atom is -0.368 e. The molecule has 0 aromatic carbocycles. The topological polar surface area (TPSA) is 76.7 Å². The Hall–Kier alpha value is -1.69. The Morgan fingerprint density at radius 3 is 2.76 bits per heavy atom. The molecule has 0 aliphatic carbocycles. The van der Waals surface area contributed by atoms with Gasteiger partial charge in [0.2, 0.25) is 5.95 Å². The van der Waals surface area contributed by atoms with Crippen molar-refractivity contribution in [1.82, 2.24) is 15.0 Å². The largest absolute Gasteiger partial charge is 0.368 e. The number of nitrogens with two attached hydrogens (primary N) is 1. The molecule has 2 aromatic rings. The van der Waals surface area contributed by atoms with E-state index >= 15 is 0 Å². The Balaban J connectivity index is 2.29. The maximum atomic E-state index is 5.59. The van der Waals surface area contributed by atoms with Crippen molar-refractivity contribution in [3.05, 3.63) is 28.3 Å². The van der Waals surface area contributed by atoms with Gasteiger partial charge in [0.25, 0.3) is 0 Å². The normalized spacial score (nSPS) is 11.5. The fourth-order valence-electron chi connectivity index (χ4n) is 1.46. The molecule has 2 heterocycles. The number of rotatable bonds is 3. The van der Waals surface area contributed by atoms with Gasteiger partial charge in [0, 0.05) is 23.3 Å². The minimum absolute atomic E-state index is 0.271. The molecule has 17 heavy (non-hydrogen) atoms. The first-order valence-electron chi connectivity index (χ1n) is 5.26. The predicted octanol–water partition coefficient (Wildman–Crippen LogP) is 2.17. The summed E-state index contributed by atoms with van der Waals surface area (Å²) in [5, 5.41) is 6.31. The van der Waals surface area contributed by atoms with Gasteiger partial charge in [-0.3, -0.25) is 0 Å². The van der Waals surface area contributed by atoms with Gasteiger partial charge in [-0.1, -0.05) is 0 Å². The van der Waals surface area contributed by atoms with Crippen LogP contribution in [0.2, 0.25) is 0 Å². The highest BCUT2D eigenvalue weighted by molar-refractivity contribution is 7.09. The number of aryl methyl sites for hydroxylation is 1. The highest BCUT2D eigenvalue weighted by Gasteiger charge is 2.24. The minimum atomic E-state index is -0.278. The van der Waals surface area contributed by atoms with E-state index in [9.17, 15) is 0 Å². The first-order chi connectivity index (χ1) is 7.99. The number of nitrogens with zero attached hydrogens (tertiary/aromatic N) is 3. The molecule has 0 spiro atoms. The fraction of sp³-hybridized carbons (Fsp3) is 0.364. The van der Waals surface area contributed by atoms with Crippen LogP contribution in [0.5, 0.6) is 0 Å². The molecule has 0 atom stereocenters. The summed E-state index contributed by atoms with van der Waals surface area (Å²) in [7, 11) is 0. The van der Waals surface area contributed by atoms with Gasteiger partial charge >= 0.3 is 0 Å². The van der Waals surface area contributed by atoms with Gasteiger partial charge in [0.05, 0.1) is 5.54 Å². The summed E-state index contributed by atoms with van der Waals surface area (Å²) in [4.78, 5) is 12.5. The molecule has 5 nitrogen and oxygen atoms in total. The van der Waals surface area contributed by atoms with Crippen LogP contribution >= 0.6 is 11.3 Å². The fourth-order valence-corrected chi connectivity index (χ4v) is 2.18. The van der Waals surface area contributed by atoms with E-state index in [1.807, 2.05) is 12.3 Å². The number of nitrogens with one attached hydrogen (secondary N) is 1. The first kappa shape index (κ1) is 11.8. The molecule has 3 N–H and O–H groups in total. The number of thiazole rings is 1. The molecule has 0 unspecified atom stereocenters. The average Bonchev–Trinajstić information content (AvgIpc) is 2.77. The summed E-state index contributed by atoms with van der Waals surface area (Å²) in [6, 6.07) is 0. The third kappa shape index (κ3) is 2.52. The van der Waals surface area contributed by atoms with Crippen molar-refractivity contribution in [3.8, 4) is 0 Å². The van der Waals surface area contributed by atoms with Gasteiger partial charge in [-0.25, -0.2) is 9.97 Å². The number of hydrogen-bond donors (Lipinski definition) is 2. The second kappa shape index (κ2) is 4.29. The second-order valence-corrected chi connectivity index (χ2v) is 5.24. The van der Waals surface area contributed by atoms with E-state index in [1.54, 1.807) is 23.7 Å². The van der Waals surface area contributed by atoms with Crippen molar-refractivity contribution in [2.75, 3.05) is 11.1 Å². The smallest absolute Gasteiger partial charge is 0.221 e.